The van der Waals surface area contributed by atoms with E-state index >= 15 is 0 Å². The van der Waals surface area contributed by atoms with E-state index in [-0.39, 0.29) is 23.2 Å². The molecule has 2 aromatic rings. The summed E-state index contributed by atoms with van der Waals surface area (Å²) in [5.74, 6) is 0.909. The van der Waals surface area contributed by atoms with Crippen LogP contribution in [0.4, 0.5) is 11.4 Å². The molecule has 1 fully saturated rings. The number of hydrogen-bond donors (Lipinski definition) is 1. The van der Waals surface area contributed by atoms with Crippen molar-refractivity contribution in [1.29, 1.82) is 0 Å². The van der Waals surface area contributed by atoms with E-state index < -0.39 is 4.92 Å². The molecule has 0 bridgehead atoms. The van der Waals surface area contributed by atoms with E-state index in [0.717, 1.165) is 37.2 Å². The van der Waals surface area contributed by atoms with Crippen LogP contribution >= 0.6 is 0 Å². The van der Waals surface area contributed by atoms with Gasteiger partial charge in [-0.05, 0) is 62.7 Å². The van der Waals surface area contributed by atoms with Gasteiger partial charge in [-0.2, -0.15) is 0 Å². The van der Waals surface area contributed by atoms with Gasteiger partial charge in [-0.3, -0.25) is 14.9 Å². The highest BCUT2D eigenvalue weighted by Crippen LogP contribution is 2.32. The molecule has 32 heavy (non-hydrogen) atoms. The summed E-state index contributed by atoms with van der Waals surface area (Å²) < 4.78 is 5.31. The second-order valence-electron chi connectivity index (χ2n) is 8.62. The first-order valence-corrected chi connectivity index (χ1v) is 10.9. The Morgan fingerprint density at radius 3 is 2.75 bits per heavy atom. The molecule has 8 heteroatoms. The van der Waals surface area contributed by atoms with Gasteiger partial charge in [-0.1, -0.05) is 19.1 Å². The van der Waals surface area contributed by atoms with Crippen molar-refractivity contribution in [1.82, 2.24) is 10.2 Å². The molecule has 0 aromatic heterocycles. The fraction of sp³-hybridized carbons (Fsp3) is 0.458. The van der Waals surface area contributed by atoms with E-state index in [1.807, 2.05) is 43.3 Å². The zero-order valence-electron chi connectivity index (χ0n) is 19.2. The maximum atomic E-state index is 12.9. The lowest BCUT2D eigenvalue weighted by atomic mass is 9.99. The second-order valence-corrected chi connectivity index (χ2v) is 8.62. The number of hydrogen-bond acceptors (Lipinski definition) is 6. The number of methoxy groups -OCH3 is 1. The summed E-state index contributed by atoms with van der Waals surface area (Å²) in [5, 5.41) is 14.7. The Bertz CT molecular complexity index is 963. The van der Waals surface area contributed by atoms with Gasteiger partial charge in [0.1, 0.15) is 11.4 Å². The lowest BCUT2D eigenvalue weighted by Gasteiger charge is -2.32. The van der Waals surface area contributed by atoms with Crippen molar-refractivity contribution in [2.75, 3.05) is 45.7 Å². The summed E-state index contributed by atoms with van der Waals surface area (Å²) in [6.45, 7) is 4.10. The minimum atomic E-state index is -0.399. The number of nitro groups is 1. The van der Waals surface area contributed by atoms with Crippen molar-refractivity contribution in [3.8, 4) is 5.75 Å². The van der Waals surface area contributed by atoms with E-state index in [2.05, 4.69) is 17.1 Å². The smallest absolute Gasteiger partial charge is 0.293 e. The number of amides is 1. The van der Waals surface area contributed by atoms with Gasteiger partial charge in [0.05, 0.1) is 18.1 Å². The standard InChI is InChI=1S/C24H32N4O4/c1-17-7-6-12-27(16-17)21-11-10-19(14-22(21)28(30)31)24(29)25-15-23(26(2)3)18-8-5-9-20(13-18)32-4/h5,8-11,13-14,17,23H,6-7,12,15-16H2,1-4H3,(H,25,29). The van der Waals surface area contributed by atoms with Crippen LogP contribution in [0.3, 0.4) is 0 Å². The van der Waals surface area contributed by atoms with Crippen LogP contribution in [-0.4, -0.2) is 56.6 Å². The molecule has 1 amide bonds. The number of piperidine rings is 1. The maximum absolute atomic E-state index is 12.9. The largest absolute Gasteiger partial charge is 0.497 e. The number of nitrogens with zero attached hydrogens (tertiary/aromatic N) is 3. The third kappa shape index (κ3) is 5.56. The first-order valence-electron chi connectivity index (χ1n) is 10.9. The Kier molecular flexibility index (Phi) is 7.69. The number of ether oxygens (including phenoxy) is 1. The molecule has 0 spiro atoms. The fourth-order valence-electron chi connectivity index (χ4n) is 4.23. The van der Waals surface area contributed by atoms with E-state index in [4.69, 9.17) is 4.74 Å². The molecule has 0 radical (unpaired) electrons. The van der Waals surface area contributed by atoms with Crippen LogP contribution < -0.4 is 15.0 Å². The molecule has 2 aromatic carbocycles. The quantitative estimate of drug-likeness (QED) is 0.495. The normalized spacial score (nSPS) is 17.2. The highest BCUT2D eigenvalue weighted by Gasteiger charge is 2.25. The minimum absolute atomic E-state index is 0.0243. The molecule has 1 saturated heterocycles. The van der Waals surface area contributed by atoms with Crippen molar-refractivity contribution in [3.05, 3.63) is 63.7 Å². The molecule has 1 heterocycles. The van der Waals surface area contributed by atoms with Crippen molar-refractivity contribution < 1.29 is 14.5 Å². The molecule has 3 rings (SSSR count). The summed E-state index contributed by atoms with van der Waals surface area (Å²) in [5.41, 5.74) is 1.85. The summed E-state index contributed by atoms with van der Waals surface area (Å²) in [4.78, 5) is 28.3. The molecular formula is C24H32N4O4. The molecule has 1 N–H and O–H groups in total. The molecule has 2 unspecified atom stereocenters. The second kappa shape index (κ2) is 10.5. The SMILES string of the molecule is COc1cccc(C(CNC(=O)c2ccc(N3CCCC(C)C3)c([N+](=O)[O-])c2)N(C)C)c1. The van der Waals surface area contributed by atoms with E-state index in [1.165, 1.54) is 6.07 Å². The number of carbonyl (C=O) groups excluding carboxylic acids is 1. The monoisotopic (exact) mass is 440 g/mol. The number of nitro benzene ring substituents is 1. The summed E-state index contributed by atoms with van der Waals surface area (Å²) in [6, 6.07) is 12.4. The highest BCUT2D eigenvalue weighted by atomic mass is 16.6. The average molecular weight is 441 g/mol. The van der Waals surface area contributed by atoms with E-state index in [0.29, 0.717) is 18.2 Å². The van der Waals surface area contributed by atoms with Gasteiger partial charge in [-0.25, -0.2) is 0 Å². The Labute approximate surface area is 189 Å². The van der Waals surface area contributed by atoms with Gasteiger partial charge >= 0.3 is 0 Å². The number of carbonyl (C=O) groups is 1. The summed E-state index contributed by atoms with van der Waals surface area (Å²) in [7, 11) is 5.50. The Morgan fingerprint density at radius 2 is 2.09 bits per heavy atom. The van der Waals surface area contributed by atoms with Gasteiger partial charge in [0, 0.05) is 31.3 Å². The van der Waals surface area contributed by atoms with Crippen LogP contribution in [-0.2, 0) is 0 Å². The number of benzene rings is 2. The first-order chi connectivity index (χ1) is 15.3. The number of rotatable bonds is 8. The van der Waals surface area contributed by atoms with Gasteiger partial charge in [-0.15, -0.1) is 0 Å². The third-order valence-electron chi connectivity index (χ3n) is 5.99. The molecule has 172 valence electrons. The zero-order valence-corrected chi connectivity index (χ0v) is 19.2. The van der Waals surface area contributed by atoms with E-state index in [9.17, 15) is 14.9 Å². The average Bonchev–Trinajstić information content (AvgIpc) is 2.78. The zero-order chi connectivity index (χ0) is 23.3. The summed E-state index contributed by atoms with van der Waals surface area (Å²) in [6.07, 6.45) is 2.14. The van der Waals surface area contributed by atoms with Crippen LogP contribution in [0.2, 0.25) is 0 Å². The highest BCUT2D eigenvalue weighted by molar-refractivity contribution is 5.95. The topological polar surface area (TPSA) is 87.9 Å². The van der Waals surface area contributed by atoms with Gasteiger partial charge in [0.2, 0.25) is 0 Å². The van der Waals surface area contributed by atoms with Gasteiger partial charge < -0.3 is 19.9 Å². The maximum Gasteiger partial charge on any atom is 0.293 e. The van der Waals surface area contributed by atoms with Crippen molar-refractivity contribution in [3.63, 3.8) is 0 Å². The van der Waals surface area contributed by atoms with Gasteiger partial charge in [0.25, 0.3) is 11.6 Å². The molecule has 1 aliphatic heterocycles. The lowest BCUT2D eigenvalue weighted by Crippen LogP contribution is -2.35. The van der Waals surface area contributed by atoms with Crippen LogP contribution in [0.5, 0.6) is 5.75 Å². The molecule has 0 aliphatic carbocycles. The first kappa shape index (κ1) is 23.5. The van der Waals surface area contributed by atoms with Crippen LogP contribution in [0, 0.1) is 16.0 Å². The number of anilines is 1. The van der Waals surface area contributed by atoms with Gasteiger partial charge in [0.15, 0.2) is 0 Å². The number of nitrogens with one attached hydrogen (secondary N) is 1. The molecule has 2 atom stereocenters. The molecular weight excluding hydrogens is 408 g/mol. The Morgan fingerprint density at radius 1 is 1.31 bits per heavy atom. The fourth-order valence-corrected chi connectivity index (χ4v) is 4.23. The van der Waals surface area contributed by atoms with Crippen LogP contribution in [0.15, 0.2) is 42.5 Å². The van der Waals surface area contributed by atoms with Crippen LogP contribution in [0.25, 0.3) is 0 Å². The number of likely N-dealkylation sites (N-methyl/N-ethyl adjacent to an activating group) is 1. The molecule has 0 saturated carbocycles. The van der Waals surface area contributed by atoms with Crippen molar-refractivity contribution in [2.24, 2.45) is 5.92 Å². The Hall–Kier alpha value is -3.13. The van der Waals surface area contributed by atoms with Crippen molar-refractivity contribution in [2.45, 2.75) is 25.8 Å². The third-order valence-corrected chi connectivity index (χ3v) is 5.99. The minimum Gasteiger partial charge on any atom is -0.497 e. The summed E-state index contributed by atoms with van der Waals surface area (Å²) >= 11 is 0. The predicted octanol–water partition coefficient (Wildman–Crippen LogP) is 3.87. The Balaban J connectivity index is 1.76. The molecule has 1 aliphatic rings. The van der Waals surface area contributed by atoms with Crippen molar-refractivity contribution >= 4 is 17.3 Å². The van der Waals surface area contributed by atoms with E-state index in [1.54, 1.807) is 19.2 Å². The predicted molar refractivity (Wildman–Crippen MR) is 125 cm³/mol. The lowest BCUT2D eigenvalue weighted by molar-refractivity contribution is -0.384. The molecule has 8 nitrogen and oxygen atoms in total. The van der Waals surface area contributed by atoms with Crippen LogP contribution in [0.1, 0.15) is 41.7 Å².